The molecule has 1 fully saturated rings. The maximum atomic E-state index is 13.7. The van der Waals surface area contributed by atoms with Crippen molar-refractivity contribution in [3.8, 4) is 11.5 Å². The van der Waals surface area contributed by atoms with Gasteiger partial charge in [-0.1, -0.05) is 66.7 Å². The minimum absolute atomic E-state index is 0.183. The summed E-state index contributed by atoms with van der Waals surface area (Å²) in [6, 6.07) is 26.5. The number of nitrogens with zero attached hydrogens (tertiary/aromatic N) is 1. The van der Waals surface area contributed by atoms with Crippen LogP contribution in [0.5, 0.6) is 11.5 Å². The number of hydrogen-bond acceptors (Lipinski definition) is 3. The summed E-state index contributed by atoms with van der Waals surface area (Å²) >= 11 is 1.96. The lowest BCUT2D eigenvalue weighted by Gasteiger charge is -2.31. The number of hydrogen-bond donors (Lipinski definition) is 0. The third-order valence-electron chi connectivity index (χ3n) is 5.75. The molecule has 0 aliphatic carbocycles. The van der Waals surface area contributed by atoms with Gasteiger partial charge in [0.2, 0.25) is 5.91 Å². The van der Waals surface area contributed by atoms with Gasteiger partial charge in [-0.25, -0.2) is 0 Å². The molecule has 0 saturated carbocycles. The van der Waals surface area contributed by atoms with Gasteiger partial charge in [0.05, 0.1) is 5.92 Å². The van der Waals surface area contributed by atoms with Crippen LogP contribution in [0.15, 0.2) is 78.9 Å². The van der Waals surface area contributed by atoms with Gasteiger partial charge in [0.15, 0.2) is 0 Å². The summed E-state index contributed by atoms with van der Waals surface area (Å²) in [6.07, 6.45) is 0.979. The van der Waals surface area contributed by atoms with E-state index >= 15 is 0 Å². The Morgan fingerprint density at radius 2 is 1.45 bits per heavy atom. The third kappa shape index (κ3) is 3.53. The van der Waals surface area contributed by atoms with Crippen LogP contribution in [-0.4, -0.2) is 29.6 Å². The number of carbonyl (C=O) groups is 1. The zero-order valence-corrected chi connectivity index (χ0v) is 17.0. The van der Waals surface area contributed by atoms with Gasteiger partial charge in [0.1, 0.15) is 11.5 Å². The Morgan fingerprint density at radius 3 is 2.14 bits per heavy atom. The first kappa shape index (κ1) is 18.3. The third-order valence-corrected chi connectivity index (χ3v) is 7.08. The summed E-state index contributed by atoms with van der Waals surface area (Å²) in [5.41, 5.74) is 3.29. The standard InChI is InChI=1S/C25H23NO2S/c27-25(26-15-14-23(29-17-16-26)18-8-2-1-3-9-18)24-19-10-4-6-12-21(19)28-22-13-7-5-11-20(22)24/h1-13,23-24H,14-17H2. The second-order valence-corrected chi connectivity index (χ2v) is 8.81. The first-order valence-electron chi connectivity index (χ1n) is 10.1. The monoisotopic (exact) mass is 401 g/mol. The zero-order valence-electron chi connectivity index (χ0n) is 16.2. The Hall–Kier alpha value is -2.72. The van der Waals surface area contributed by atoms with Crippen LogP contribution < -0.4 is 4.74 Å². The van der Waals surface area contributed by atoms with Crippen LogP contribution in [0.25, 0.3) is 0 Å². The fourth-order valence-corrected chi connectivity index (χ4v) is 5.51. The summed E-state index contributed by atoms with van der Waals surface area (Å²) < 4.78 is 6.07. The van der Waals surface area contributed by atoms with E-state index < -0.39 is 0 Å². The van der Waals surface area contributed by atoms with Crippen molar-refractivity contribution in [2.45, 2.75) is 17.6 Å². The van der Waals surface area contributed by atoms with Crippen molar-refractivity contribution in [1.82, 2.24) is 4.90 Å². The summed E-state index contributed by atoms with van der Waals surface area (Å²) in [5, 5.41) is 0.447. The summed E-state index contributed by atoms with van der Waals surface area (Å²) in [7, 11) is 0. The topological polar surface area (TPSA) is 29.5 Å². The molecule has 2 aliphatic heterocycles. The van der Waals surface area contributed by atoms with Crippen LogP contribution >= 0.6 is 11.8 Å². The molecule has 0 aromatic heterocycles. The Balaban J connectivity index is 1.42. The Kier molecular flexibility index (Phi) is 5.03. The summed E-state index contributed by atoms with van der Waals surface area (Å²) in [6.45, 7) is 1.57. The molecule has 29 heavy (non-hydrogen) atoms. The molecule has 0 radical (unpaired) electrons. The SMILES string of the molecule is O=C(C1c2ccccc2Oc2ccccc21)N1CCSC(c2ccccc2)CC1. The lowest BCUT2D eigenvalue weighted by Crippen LogP contribution is -2.38. The van der Waals surface area contributed by atoms with Crippen LogP contribution in [-0.2, 0) is 4.79 Å². The van der Waals surface area contributed by atoms with Crippen molar-refractivity contribution < 1.29 is 9.53 Å². The molecule has 1 unspecified atom stereocenters. The van der Waals surface area contributed by atoms with E-state index in [9.17, 15) is 4.79 Å². The molecule has 0 bridgehead atoms. The number of para-hydroxylation sites is 2. The normalized spacial score (nSPS) is 18.9. The van der Waals surface area contributed by atoms with Crippen LogP contribution in [0, 0.1) is 0 Å². The first-order valence-corrected chi connectivity index (χ1v) is 11.2. The van der Waals surface area contributed by atoms with Crippen molar-refractivity contribution in [3.63, 3.8) is 0 Å². The smallest absolute Gasteiger partial charge is 0.234 e. The number of benzene rings is 3. The first-order chi connectivity index (χ1) is 14.3. The van der Waals surface area contributed by atoms with Gasteiger partial charge in [0.25, 0.3) is 0 Å². The summed E-state index contributed by atoms with van der Waals surface area (Å²) in [4.78, 5) is 15.8. The maximum Gasteiger partial charge on any atom is 0.234 e. The fraction of sp³-hybridized carbons (Fsp3) is 0.240. The van der Waals surface area contributed by atoms with Crippen molar-refractivity contribution in [2.75, 3.05) is 18.8 Å². The van der Waals surface area contributed by atoms with Gasteiger partial charge in [0, 0.05) is 35.2 Å². The lowest BCUT2D eigenvalue weighted by atomic mass is 9.86. The molecule has 1 saturated heterocycles. The molecule has 5 rings (SSSR count). The number of ether oxygens (including phenoxy) is 1. The molecule has 3 nitrogen and oxygen atoms in total. The average Bonchev–Trinajstić information content (AvgIpc) is 3.04. The largest absolute Gasteiger partial charge is 0.457 e. The van der Waals surface area contributed by atoms with Crippen molar-refractivity contribution >= 4 is 17.7 Å². The van der Waals surface area contributed by atoms with E-state index in [0.717, 1.165) is 47.9 Å². The van der Waals surface area contributed by atoms with Gasteiger partial charge >= 0.3 is 0 Å². The second kappa shape index (κ2) is 7.96. The van der Waals surface area contributed by atoms with Gasteiger partial charge in [-0.15, -0.1) is 0 Å². The number of amides is 1. The minimum atomic E-state index is -0.297. The van der Waals surface area contributed by atoms with E-state index in [1.165, 1.54) is 5.56 Å². The van der Waals surface area contributed by atoms with Crippen LogP contribution in [0.3, 0.4) is 0 Å². The molecular formula is C25H23NO2S. The van der Waals surface area contributed by atoms with E-state index in [4.69, 9.17) is 4.74 Å². The Bertz CT molecular complexity index is 975. The quantitative estimate of drug-likeness (QED) is 0.557. The maximum absolute atomic E-state index is 13.7. The minimum Gasteiger partial charge on any atom is -0.457 e. The van der Waals surface area contributed by atoms with Crippen molar-refractivity contribution in [3.05, 3.63) is 95.6 Å². The number of thioether (sulfide) groups is 1. The zero-order chi connectivity index (χ0) is 19.6. The lowest BCUT2D eigenvalue weighted by molar-refractivity contribution is -0.131. The Labute approximate surface area is 175 Å². The second-order valence-electron chi connectivity index (χ2n) is 7.49. The van der Waals surface area contributed by atoms with Crippen LogP contribution in [0.1, 0.15) is 34.3 Å². The molecule has 3 aromatic carbocycles. The molecule has 4 heteroatoms. The van der Waals surface area contributed by atoms with E-state index in [-0.39, 0.29) is 11.8 Å². The van der Waals surface area contributed by atoms with Gasteiger partial charge in [-0.05, 0) is 24.1 Å². The fourth-order valence-electron chi connectivity index (χ4n) is 4.28. The molecule has 3 aromatic rings. The molecular weight excluding hydrogens is 378 g/mol. The highest BCUT2D eigenvalue weighted by Crippen LogP contribution is 2.45. The van der Waals surface area contributed by atoms with Gasteiger partial charge in [-0.2, -0.15) is 11.8 Å². The average molecular weight is 402 g/mol. The van der Waals surface area contributed by atoms with E-state index in [2.05, 4.69) is 35.2 Å². The number of carbonyl (C=O) groups excluding carboxylic acids is 1. The van der Waals surface area contributed by atoms with Crippen LogP contribution in [0.2, 0.25) is 0 Å². The molecule has 0 spiro atoms. The van der Waals surface area contributed by atoms with E-state index in [1.54, 1.807) is 0 Å². The molecule has 2 aliphatic rings. The number of fused-ring (bicyclic) bond motifs is 2. The number of rotatable bonds is 2. The Morgan fingerprint density at radius 1 is 0.828 bits per heavy atom. The van der Waals surface area contributed by atoms with Crippen molar-refractivity contribution in [2.24, 2.45) is 0 Å². The molecule has 1 amide bonds. The highest BCUT2D eigenvalue weighted by Gasteiger charge is 2.35. The predicted octanol–water partition coefficient (Wildman–Crippen LogP) is 5.63. The molecule has 146 valence electrons. The molecule has 2 heterocycles. The van der Waals surface area contributed by atoms with E-state index in [1.807, 2.05) is 60.3 Å². The predicted molar refractivity (Wildman–Crippen MR) is 118 cm³/mol. The van der Waals surface area contributed by atoms with E-state index in [0.29, 0.717) is 5.25 Å². The van der Waals surface area contributed by atoms with Gasteiger partial charge in [-0.3, -0.25) is 4.79 Å². The highest BCUT2D eigenvalue weighted by molar-refractivity contribution is 7.99. The van der Waals surface area contributed by atoms with Gasteiger partial charge < -0.3 is 9.64 Å². The summed E-state index contributed by atoms with van der Waals surface area (Å²) in [5.74, 6) is 2.42. The van der Waals surface area contributed by atoms with Crippen molar-refractivity contribution in [1.29, 1.82) is 0 Å². The molecule has 0 N–H and O–H groups in total. The highest BCUT2D eigenvalue weighted by atomic mass is 32.2. The van der Waals surface area contributed by atoms with Crippen LogP contribution in [0.4, 0.5) is 0 Å². The molecule has 1 atom stereocenters.